The van der Waals surface area contributed by atoms with Crippen LogP contribution in [0.4, 0.5) is 0 Å². The van der Waals surface area contributed by atoms with Crippen molar-refractivity contribution in [3.8, 4) is 11.5 Å². The van der Waals surface area contributed by atoms with E-state index in [-0.39, 0.29) is 0 Å². The summed E-state index contributed by atoms with van der Waals surface area (Å²) in [5.41, 5.74) is 1.19. The fourth-order valence-corrected chi connectivity index (χ4v) is 1.99. The lowest BCUT2D eigenvalue weighted by Crippen LogP contribution is -2.18. The van der Waals surface area contributed by atoms with Crippen molar-refractivity contribution in [1.82, 2.24) is 5.32 Å². The van der Waals surface area contributed by atoms with Gasteiger partial charge >= 0.3 is 0 Å². The van der Waals surface area contributed by atoms with E-state index in [1.165, 1.54) is 18.4 Å². The van der Waals surface area contributed by atoms with Crippen LogP contribution in [0.5, 0.6) is 11.5 Å². The van der Waals surface area contributed by atoms with Crippen molar-refractivity contribution in [2.75, 3.05) is 33.5 Å². The third-order valence-electron chi connectivity index (χ3n) is 3.13. The summed E-state index contributed by atoms with van der Waals surface area (Å²) in [5.74, 6) is 1.67. The van der Waals surface area contributed by atoms with Crippen LogP contribution in [0.15, 0.2) is 18.2 Å². The molecule has 0 spiro atoms. The van der Waals surface area contributed by atoms with Crippen LogP contribution in [0, 0.1) is 0 Å². The quantitative estimate of drug-likeness (QED) is 0.600. The smallest absolute Gasteiger partial charge is 0.161 e. The van der Waals surface area contributed by atoms with Gasteiger partial charge in [-0.1, -0.05) is 25.8 Å². The second-order valence-corrected chi connectivity index (χ2v) is 4.94. The number of methoxy groups -OCH3 is 1. The molecule has 0 atom stereocenters. The fraction of sp³-hybridized carbons (Fsp3) is 0.647. The van der Waals surface area contributed by atoms with Gasteiger partial charge in [-0.2, -0.15) is 0 Å². The second-order valence-electron chi connectivity index (χ2n) is 4.94. The van der Waals surface area contributed by atoms with Crippen LogP contribution in [0.1, 0.15) is 38.7 Å². The van der Waals surface area contributed by atoms with Gasteiger partial charge in [0, 0.05) is 20.2 Å². The molecule has 4 nitrogen and oxygen atoms in total. The van der Waals surface area contributed by atoms with Crippen molar-refractivity contribution in [2.45, 2.75) is 39.7 Å². The SMILES string of the molecule is CCCCCOc1ccc(CNCCOC)cc1OCC. The number of ether oxygens (including phenoxy) is 3. The van der Waals surface area contributed by atoms with E-state index in [0.717, 1.165) is 44.2 Å². The van der Waals surface area contributed by atoms with Gasteiger partial charge in [-0.3, -0.25) is 0 Å². The van der Waals surface area contributed by atoms with E-state index < -0.39 is 0 Å². The summed E-state index contributed by atoms with van der Waals surface area (Å²) in [6.07, 6.45) is 3.49. The summed E-state index contributed by atoms with van der Waals surface area (Å²) in [6.45, 7) is 7.94. The highest BCUT2D eigenvalue weighted by Crippen LogP contribution is 2.28. The molecule has 0 unspecified atom stereocenters. The summed E-state index contributed by atoms with van der Waals surface area (Å²) in [7, 11) is 1.71. The normalized spacial score (nSPS) is 10.6. The van der Waals surface area contributed by atoms with Gasteiger partial charge in [0.05, 0.1) is 19.8 Å². The molecule has 0 heterocycles. The first-order valence-corrected chi connectivity index (χ1v) is 7.90. The topological polar surface area (TPSA) is 39.7 Å². The Hall–Kier alpha value is -1.26. The highest BCUT2D eigenvalue weighted by atomic mass is 16.5. The number of hydrogen-bond acceptors (Lipinski definition) is 4. The highest BCUT2D eigenvalue weighted by Gasteiger charge is 2.06. The Morgan fingerprint density at radius 1 is 1.00 bits per heavy atom. The summed E-state index contributed by atoms with van der Waals surface area (Å²) < 4.78 is 16.5. The minimum absolute atomic E-state index is 0.645. The maximum absolute atomic E-state index is 5.82. The van der Waals surface area contributed by atoms with Gasteiger partial charge < -0.3 is 19.5 Å². The predicted octanol–water partition coefficient (Wildman–Crippen LogP) is 3.39. The minimum atomic E-state index is 0.645. The van der Waals surface area contributed by atoms with Gasteiger partial charge in [0.15, 0.2) is 11.5 Å². The van der Waals surface area contributed by atoms with Crippen LogP contribution in [-0.2, 0) is 11.3 Å². The van der Waals surface area contributed by atoms with E-state index in [2.05, 4.69) is 24.4 Å². The molecule has 4 heteroatoms. The fourth-order valence-electron chi connectivity index (χ4n) is 1.99. The standard InChI is InChI=1S/C17H29NO3/c1-4-6-7-11-21-16-9-8-15(13-17(16)20-5-2)14-18-10-12-19-3/h8-9,13,18H,4-7,10-12,14H2,1-3H3. The molecule has 0 aliphatic heterocycles. The molecule has 1 N–H and O–H groups in total. The largest absolute Gasteiger partial charge is 0.490 e. The molecule has 1 aromatic rings. The molecule has 0 amide bonds. The Morgan fingerprint density at radius 2 is 1.86 bits per heavy atom. The molecule has 0 aliphatic rings. The first kappa shape index (κ1) is 17.8. The monoisotopic (exact) mass is 295 g/mol. The minimum Gasteiger partial charge on any atom is -0.490 e. The molecule has 1 rings (SSSR count). The Balaban J connectivity index is 2.54. The third kappa shape index (κ3) is 7.34. The van der Waals surface area contributed by atoms with Crippen molar-refractivity contribution in [1.29, 1.82) is 0 Å². The zero-order chi connectivity index (χ0) is 15.3. The van der Waals surface area contributed by atoms with Crippen molar-refractivity contribution >= 4 is 0 Å². The van der Waals surface area contributed by atoms with Gasteiger partial charge in [-0.05, 0) is 31.0 Å². The van der Waals surface area contributed by atoms with Gasteiger partial charge in [-0.25, -0.2) is 0 Å². The van der Waals surface area contributed by atoms with E-state index in [1.807, 2.05) is 13.0 Å². The lowest BCUT2D eigenvalue weighted by molar-refractivity contribution is 0.199. The molecule has 0 fully saturated rings. The van der Waals surface area contributed by atoms with Crippen molar-refractivity contribution in [3.63, 3.8) is 0 Å². The lowest BCUT2D eigenvalue weighted by atomic mass is 10.2. The molecule has 0 saturated heterocycles. The number of benzene rings is 1. The molecule has 0 aromatic heterocycles. The maximum atomic E-state index is 5.82. The van der Waals surface area contributed by atoms with Crippen LogP contribution in [-0.4, -0.2) is 33.5 Å². The number of nitrogens with one attached hydrogen (secondary N) is 1. The van der Waals surface area contributed by atoms with Crippen molar-refractivity contribution in [3.05, 3.63) is 23.8 Å². The molecular weight excluding hydrogens is 266 g/mol. The van der Waals surface area contributed by atoms with Gasteiger partial charge in [0.1, 0.15) is 0 Å². The molecule has 0 aliphatic carbocycles. The number of hydrogen-bond donors (Lipinski definition) is 1. The van der Waals surface area contributed by atoms with Crippen molar-refractivity contribution in [2.24, 2.45) is 0 Å². The third-order valence-corrected chi connectivity index (χ3v) is 3.13. The molecule has 0 radical (unpaired) electrons. The van der Waals surface area contributed by atoms with Crippen LogP contribution in [0.25, 0.3) is 0 Å². The lowest BCUT2D eigenvalue weighted by Gasteiger charge is -2.13. The molecular formula is C17H29NO3. The Morgan fingerprint density at radius 3 is 2.57 bits per heavy atom. The molecule has 120 valence electrons. The van der Waals surface area contributed by atoms with Crippen LogP contribution in [0.3, 0.4) is 0 Å². The van der Waals surface area contributed by atoms with Crippen LogP contribution in [0.2, 0.25) is 0 Å². The molecule has 21 heavy (non-hydrogen) atoms. The zero-order valence-electron chi connectivity index (χ0n) is 13.6. The Bertz CT molecular complexity index is 382. The number of unbranched alkanes of at least 4 members (excludes halogenated alkanes) is 2. The summed E-state index contributed by atoms with van der Waals surface area (Å²) in [4.78, 5) is 0. The average Bonchev–Trinajstić information content (AvgIpc) is 2.50. The first-order valence-electron chi connectivity index (χ1n) is 7.90. The summed E-state index contributed by atoms with van der Waals surface area (Å²) >= 11 is 0. The van der Waals surface area contributed by atoms with Crippen molar-refractivity contribution < 1.29 is 14.2 Å². The first-order chi connectivity index (χ1) is 10.3. The Kier molecular flexibility index (Phi) is 9.66. The predicted molar refractivity (Wildman–Crippen MR) is 86.2 cm³/mol. The maximum Gasteiger partial charge on any atom is 0.161 e. The molecule has 0 bridgehead atoms. The second kappa shape index (κ2) is 11.4. The molecule has 1 aromatic carbocycles. The van der Waals surface area contributed by atoms with Crippen LogP contribution < -0.4 is 14.8 Å². The van der Waals surface area contributed by atoms with Crippen LogP contribution >= 0.6 is 0 Å². The summed E-state index contributed by atoms with van der Waals surface area (Å²) in [6, 6.07) is 6.14. The van der Waals surface area contributed by atoms with Gasteiger partial charge in [0.2, 0.25) is 0 Å². The molecule has 0 saturated carbocycles. The summed E-state index contributed by atoms with van der Waals surface area (Å²) in [5, 5.41) is 3.33. The van der Waals surface area contributed by atoms with Gasteiger partial charge in [0.25, 0.3) is 0 Å². The van der Waals surface area contributed by atoms with E-state index >= 15 is 0 Å². The van der Waals surface area contributed by atoms with Gasteiger partial charge in [-0.15, -0.1) is 0 Å². The average molecular weight is 295 g/mol. The van der Waals surface area contributed by atoms with E-state index in [0.29, 0.717) is 6.61 Å². The zero-order valence-corrected chi connectivity index (χ0v) is 13.6. The van der Waals surface area contributed by atoms with E-state index in [9.17, 15) is 0 Å². The highest BCUT2D eigenvalue weighted by molar-refractivity contribution is 5.43. The Labute approximate surface area is 128 Å². The number of rotatable bonds is 12. The van der Waals surface area contributed by atoms with E-state index in [4.69, 9.17) is 14.2 Å². The van der Waals surface area contributed by atoms with E-state index in [1.54, 1.807) is 7.11 Å².